The third kappa shape index (κ3) is 2.99. The van der Waals surface area contributed by atoms with Gasteiger partial charge in [-0.25, -0.2) is 4.79 Å². The largest absolute Gasteiger partial charge is 0.492 e. The molecule has 1 aliphatic heterocycles. The van der Waals surface area contributed by atoms with Crippen molar-refractivity contribution in [2.24, 2.45) is 5.92 Å². The van der Waals surface area contributed by atoms with Gasteiger partial charge in [-0.15, -0.1) is 0 Å². The number of amides is 3. The number of carbonyl (C=O) groups is 2. The second kappa shape index (κ2) is 6.46. The minimum atomic E-state index is -0.685. The van der Waals surface area contributed by atoms with E-state index in [1.807, 2.05) is 26.0 Å². The third-order valence-corrected chi connectivity index (χ3v) is 5.28. The van der Waals surface area contributed by atoms with E-state index in [1.165, 1.54) is 4.90 Å². The van der Waals surface area contributed by atoms with E-state index in [0.29, 0.717) is 6.61 Å². The highest BCUT2D eigenvalue weighted by molar-refractivity contribution is 6.07. The first kappa shape index (κ1) is 16.8. The number of urea groups is 1. The Hall–Kier alpha value is -2.04. The quantitative estimate of drug-likeness (QED) is 0.863. The van der Waals surface area contributed by atoms with Crippen molar-refractivity contribution < 1.29 is 14.3 Å². The van der Waals surface area contributed by atoms with Crippen LogP contribution in [-0.4, -0.2) is 35.5 Å². The number of imide groups is 1. The van der Waals surface area contributed by atoms with Gasteiger partial charge < -0.3 is 10.1 Å². The van der Waals surface area contributed by atoms with Crippen LogP contribution in [0.15, 0.2) is 18.2 Å². The molecule has 1 aliphatic carbocycles. The minimum absolute atomic E-state index is 0.0799. The highest BCUT2D eigenvalue weighted by Crippen LogP contribution is 2.38. The lowest BCUT2D eigenvalue weighted by atomic mass is 9.73. The predicted octanol–water partition coefficient (Wildman–Crippen LogP) is 3.18. The van der Waals surface area contributed by atoms with Gasteiger partial charge in [0.15, 0.2) is 0 Å². The SMILES string of the molecule is Cc1cc(C)cc(OCCN2C(=O)N[C@@]3(CCCC[C@@H]3C)C2=O)c1. The van der Waals surface area contributed by atoms with E-state index in [-0.39, 0.29) is 24.4 Å². The predicted molar refractivity (Wildman–Crippen MR) is 92.0 cm³/mol. The first-order valence-electron chi connectivity index (χ1n) is 8.77. The molecule has 5 nitrogen and oxygen atoms in total. The van der Waals surface area contributed by atoms with Crippen LogP contribution in [0.1, 0.15) is 43.7 Å². The molecule has 5 heteroatoms. The van der Waals surface area contributed by atoms with Gasteiger partial charge in [0.25, 0.3) is 5.91 Å². The summed E-state index contributed by atoms with van der Waals surface area (Å²) in [5, 5.41) is 2.97. The zero-order valence-corrected chi connectivity index (χ0v) is 14.7. The molecule has 0 unspecified atom stereocenters. The number of ether oxygens (including phenoxy) is 1. The summed E-state index contributed by atoms with van der Waals surface area (Å²) in [4.78, 5) is 26.5. The van der Waals surface area contributed by atoms with Crippen LogP contribution in [0.2, 0.25) is 0 Å². The molecular weight excluding hydrogens is 304 g/mol. The summed E-state index contributed by atoms with van der Waals surface area (Å²) in [5.41, 5.74) is 1.58. The summed E-state index contributed by atoms with van der Waals surface area (Å²) in [7, 11) is 0. The van der Waals surface area contributed by atoms with Crippen molar-refractivity contribution in [3.8, 4) is 5.75 Å². The zero-order chi connectivity index (χ0) is 17.3. The monoisotopic (exact) mass is 330 g/mol. The molecule has 1 spiro atoms. The summed E-state index contributed by atoms with van der Waals surface area (Å²) in [6.45, 7) is 6.70. The van der Waals surface area contributed by atoms with Crippen LogP contribution in [0.3, 0.4) is 0 Å². The average molecular weight is 330 g/mol. The van der Waals surface area contributed by atoms with Crippen molar-refractivity contribution >= 4 is 11.9 Å². The minimum Gasteiger partial charge on any atom is -0.492 e. The lowest BCUT2D eigenvalue weighted by Gasteiger charge is -2.36. The molecule has 1 aromatic rings. The number of rotatable bonds is 4. The number of hydrogen-bond acceptors (Lipinski definition) is 3. The maximum atomic E-state index is 12.8. The van der Waals surface area contributed by atoms with Crippen LogP contribution in [0.25, 0.3) is 0 Å². The van der Waals surface area contributed by atoms with Crippen molar-refractivity contribution in [3.63, 3.8) is 0 Å². The van der Waals surface area contributed by atoms with E-state index in [0.717, 1.165) is 42.6 Å². The van der Waals surface area contributed by atoms with Crippen molar-refractivity contribution in [3.05, 3.63) is 29.3 Å². The van der Waals surface area contributed by atoms with Crippen LogP contribution >= 0.6 is 0 Å². The Morgan fingerprint density at radius 1 is 1.21 bits per heavy atom. The molecule has 0 aromatic heterocycles. The Labute approximate surface area is 143 Å². The second-order valence-electron chi connectivity index (χ2n) is 7.18. The first-order chi connectivity index (χ1) is 11.4. The molecule has 1 saturated carbocycles. The number of nitrogens with one attached hydrogen (secondary N) is 1. The average Bonchev–Trinajstić information content (AvgIpc) is 2.74. The maximum absolute atomic E-state index is 12.8. The molecule has 2 fully saturated rings. The van der Waals surface area contributed by atoms with Gasteiger partial charge in [-0.1, -0.05) is 25.8 Å². The van der Waals surface area contributed by atoms with E-state index in [1.54, 1.807) is 0 Å². The van der Waals surface area contributed by atoms with Crippen molar-refractivity contribution in [1.82, 2.24) is 10.2 Å². The Morgan fingerprint density at radius 3 is 2.58 bits per heavy atom. The molecule has 3 amide bonds. The van der Waals surface area contributed by atoms with Gasteiger partial charge in [0.05, 0.1) is 6.54 Å². The summed E-state index contributed by atoms with van der Waals surface area (Å²) in [6.07, 6.45) is 3.84. The van der Waals surface area contributed by atoms with Crippen molar-refractivity contribution in [2.75, 3.05) is 13.2 Å². The second-order valence-corrected chi connectivity index (χ2v) is 7.18. The van der Waals surface area contributed by atoms with E-state index in [4.69, 9.17) is 4.74 Å². The Bertz CT molecular complexity index is 638. The summed E-state index contributed by atoms with van der Waals surface area (Å²) in [6, 6.07) is 5.73. The lowest BCUT2D eigenvalue weighted by Crippen LogP contribution is -2.54. The normalized spacial score (nSPS) is 26.8. The fourth-order valence-electron chi connectivity index (χ4n) is 3.97. The van der Waals surface area contributed by atoms with Gasteiger partial charge in [0.2, 0.25) is 0 Å². The third-order valence-electron chi connectivity index (χ3n) is 5.28. The molecule has 24 heavy (non-hydrogen) atoms. The zero-order valence-electron chi connectivity index (χ0n) is 14.7. The van der Waals surface area contributed by atoms with Crippen LogP contribution in [0.5, 0.6) is 5.75 Å². The molecule has 1 heterocycles. The van der Waals surface area contributed by atoms with Crippen LogP contribution < -0.4 is 10.1 Å². The molecule has 0 radical (unpaired) electrons. The molecule has 2 aliphatic rings. The summed E-state index contributed by atoms with van der Waals surface area (Å²) < 4.78 is 5.75. The van der Waals surface area contributed by atoms with Gasteiger partial charge in [-0.2, -0.15) is 0 Å². The smallest absolute Gasteiger partial charge is 0.325 e. The van der Waals surface area contributed by atoms with E-state index < -0.39 is 5.54 Å². The van der Waals surface area contributed by atoms with E-state index in [2.05, 4.69) is 18.3 Å². The number of hydrogen-bond donors (Lipinski definition) is 1. The molecular formula is C19H26N2O3. The molecule has 1 saturated heterocycles. The van der Waals surface area contributed by atoms with Gasteiger partial charge in [0.1, 0.15) is 17.9 Å². The summed E-state index contributed by atoms with van der Waals surface area (Å²) in [5.74, 6) is 0.886. The maximum Gasteiger partial charge on any atom is 0.325 e. The molecule has 3 rings (SSSR count). The Morgan fingerprint density at radius 2 is 1.92 bits per heavy atom. The van der Waals surface area contributed by atoms with Gasteiger partial charge in [0, 0.05) is 0 Å². The van der Waals surface area contributed by atoms with Crippen LogP contribution in [0, 0.1) is 19.8 Å². The topological polar surface area (TPSA) is 58.6 Å². The molecule has 130 valence electrons. The molecule has 0 bridgehead atoms. The highest BCUT2D eigenvalue weighted by atomic mass is 16.5. The fourth-order valence-corrected chi connectivity index (χ4v) is 3.97. The Balaban J connectivity index is 1.63. The number of aryl methyl sites for hydroxylation is 2. The van der Waals surface area contributed by atoms with Gasteiger partial charge in [-0.05, 0) is 55.9 Å². The Kier molecular flexibility index (Phi) is 4.52. The van der Waals surface area contributed by atoms with E-state index in [9.17, 15) is 9.59 Å². The van der Waals surface area contributed by atoms with Crippen molar-refractivity contribution in [1.29, 1.82) is 0 Å². The number of carbonyl (C=O) groups excluding carboxylic acids is 2. The van der Waals surface area contributed by atoms with Gasteiger partial charge in [-0.3, -0.25) is 9.69 Å². The van der Waals surface area contributed by atoms with E-state index >= 15 is 0 Å². The molecule has 1 aromatic carbocycles. The number of nitrogens with zero attached hydrogens (tertiary/aromatic N) is 1. The lowest BCUT2D eigenvalue weighted by molar-refractivity contribution is -0.134. The standard InChI is InChI=1S/C19H26N2O3/c1-13-10-14(2)12-16(11-13)24-9-8-21-17(22)19(20-18(21)23)7-5-4-6-15(19)3/h10-12,15H,4-9H2,1-3H3,(H,20,23)/t15-,19+/m0/s1. The first-order valence-corrected chi connectivity index (χ1v) is 8.77. The van der Waals surface area contributed by atoms with Gasteiger partial charge >= 0.3 is 6.03 Å². The van der Waals surface area contributed by atoms with Crippen LogP contribution in [-0.2, 0) is 4.79 Å². The van der Waals surface area contributed by atoms with Crippen LogP contribution in [0.4, 0.5) is 4.79 Å². The summed E-state index contributed by atoms with van der Waals surface area (Å²) >= 11 is 0. The molecule has 1 N–H and O–H groups in total. The number of benzene rings is 1. The molecule has 2 atom stereocenters. The van der Waals surface area contributed by atoms with Crippen molar-refractivity contribution in [2.45, 2.75) is 52.0 Å². The fraction of sp³-hybridized carbons (Fsp3) is 0.579. The highest BCUT2D eigenvalue weighted by Gasteiger charge is 2.54.